The summed E-state index contributed by atoms with van der Waals surface area (Å²) in [4.78, 5) is 14.4. The molecule has 2 aromatic rings. The Morgan fingerprint density at radius 2 is 2.03 bits per heavy atom. The molecule has 2 atom stereocenters. The van der Waals surface area contributed by atoms with Crippen LogP contribution in [0.3, 0.4) is 0 Å². The lowest BCUT2D eigenvalue weighted by atomic mass is 9.95. The number of nitrogens with one attached hydrogen (secondary N) is 1. The normalized spacial score (nSPS) is 19.4. The van der Waals surface area contributed by atoms with Gasteiger partial charge in [-0.15, -0.1) is 0 Å². The fourth-order valence-electron chi connectivity index (χ4n) is 4.08. The molecule has 1 aliphatic rings. The molecule has 1 amide bonds. The molecule has 30 heavy (non-hydrogen) atoms. The number of rotatable bonds is 6. The number of amides is 1. The van der Waals surface area contributed by atoms with Crippen LogP contribution in [0.4, 0.5) is 8.78 Å². The maximum absolute atomic E-state index is 15.4. The zero-order valence-corrected chi connectivity index (χ0v) is 18.5. The average Bonchev–Trinajstić information content (AvgIpc) is 3.03. The van der Waals surface area contributed by atoms with E-state index in [1.807, 2.05) is 6.26 Å². The van der Waals surface area contributed by atoms with Crippen LogP contribution >= 0.6 is 11.9 Å². The second-order valence-electron chi connectivity index (χ2n) is 8.34. The van der Waals surface area contributed by atoms with E-state index >= 15 is 4.39 Å². The molecule has 0 aromatic heterocycles. The van der Waals surface area contributed by atoms with Crippen molar-refractivity contribution in [3.8, 4) is 11.1 Å². The van der Waals surface area contributed by atoms with Crippen molar-refractivity contribution < 1.29 is 18.7 Å². The summed E-state index contributed by atoms with van der Waals surface area (Å²) in [5.41, 5.74) is 0.510. The van der Waals surface area contributed by atoms with E-state index in [1.54, 1.807) is 36.1 Å². The lowest BCUT2D eigenvalue weighted by Gasteiger charge is -2.32. The van der Waals surface area contributed by atoms with Crippen molar-refractivity contribution in [1.82, 2.24) is 9.62 Å². The van der Waals surface area contributed by atoms with Gasteiger partial charge in [0.2, 0.25) is 0 Å². The Labute approximate surface area is 180 Å². The molecule has 0 radical (unpaired) electrons. The van der Waals surface area contributed by atoms with E-state index in [2.05, 4.69) is 4.72 Å². The van der Waals surface area contributed by atoms with Crippen LogP contribution in [0, 0.1) is 18.6 Å². The Balaban J connectivity index is 1.95. The van der Waals surface area contributed by atoms with Crippen LogP contribution in [0.15, 0.2) is 36.4 Å². The quantitative estimate of drug-likeness (QED) is 0.673. The molecular formula is C23H28F2N2O2S. The molecular weight excluding hydrogens is 406 g/mol. The summed E-state index contributed by atoms with van der Waals surface area (Å²) in [6, 6.07) is 9.26. The van der Waals surface area contributed by atoms with Crippen LogP contribution in [-0.4, -0.2) is 46.4 Å². The second kappa shape index (κ2) is 9.04. The molecule has 2 unspecified atom stereocenters. The Hall–Kier alpha value is -1.96. The smallest absolute Gasteiger partial charge is 0.254 e. The molecule has 0 spiro atoms. The van der Waals surface area contributed by atoms with Gasteiger partial charge in [-0.25, -0.2) is 8.78 Å². The standard InChI is InChI=1S/C23H28F2N2O2S/c1-14-10-16(12-17(24)11-14)18-7-5-6-15(21(18)25)13-20-19(26-30-4)8-9-27(20)22(28)23(2,3)29/h5-7,10-12,19-20,26,29H,8-9,13H2,1-4H3. The number of carbonyl (C=O) groups excluding carboxylic acids is 1. The minimum atomic E-state index is -1.49. The van der Waals surface area contributed by atoms with Crippen molar-refractivity contribution in [2.45, 2.75) is 51.3 Å². The summed E-state index contributed by atoms with van der Waals surface area (Å²) in [5.74, 6) is -1.18. The van der Waals surface area contributed by atoms with E-state index in [0.29, 0.717) is 29.7 Å². The Kier molecular flexibility index (Phi) is 6.84. The largest absolute Gasteiger partial charge is 0.381 e. The van der Waals surface area contributed by atoms with E-state index in [9.17, 15) is 14.3 Å². The molecule has 2 N–H and O–H groups in total. The summed E-state index contributed by atoms with van der Waals surface area (Å²) in [7, 11) is 0. The van der Waals surface area contributed by atoms with Crippen LogP contribution in [0.1, 0.15) is 31.4 Å². The minimum absolute atomic E-state index is 0.0224. The average molecular weight is 435 g/mol. The van der Waals surface area contributed by atoms with Gasteiger partial charge in [0.1, 0.15) is 17.2 Å². The maximum atomic E-state index is 15.4. The first-order chi connectivity index (χ1) is 14.1. The SMILES string of the molecule is CSNC1CCN(C(=O)C(C)(C)O)C1Cc1cccc(-c2cc(C)cc(F)c2)c1F. The van der Waals surface area contributed by atoms with Crippen LogP contribution in [0.25, 0.3) is 11.1 Å². The van der Waals surface area contributed by atoms with Crippen molar-refractivity contribution in [2.75, 3.05) is 12.8 Å². The monoisotopic (exact) mass is 434 g/mol. The number of halogens is 2. The van der Waals surface area contributed by atoms with E-state index < -0.39 is 17.2 Å². The molecule has 1 saturated heterocycles. The Bertz CT molecular complexity index is 910. The number of benzene rings is 2. The van der Waals surface area contributed by atoms with E-state index in [1.165, 1.54) is 37.9 Å². The van der Waals surface area contributed by atoms with Gasteiger partial charge in [0.25, 0.3) is 5.91 Å². The third-order valence-corrected chi connectivity index (χ3v) is 6.00. The zero-order chi connectivity index (χ0) is 22.1. The van der Waals surface area contributed by atoms with Gasteiger partial charge in [-0.1, -0.05) is 36.2 Å². The highest BCUT2D eigenvalue weighted by Crippen LogP contribution is 2.31. The number of likely N-dealkylation sites (tertiary alicyclic amines) is 1. The van der Waals surface area contributed by atoms with Gasteiger partial charge in [0, 0.05) is 18.2 Å². The molecule has 0 saturated carbocycles. The topological polar surface area (TPSA) is 52.6 Å². The number of carbonyl (C=O) groups is 1. The van der Waals surface area contributed by atoms with Crippen LogP contribution < -0.4 is 4.72 Å². The number of aryl methyl sites for hydroxylation is 1. The van der Waals surface area contributed by atoms with Gasteiger partial charge >= 0.3 is 0 Å². The van der Waals surface area contributed by atoms with Gasteiger partial charge in [0.05, 0.1) is 6.04 Å². The highest BCUT2D eigenvalue weighted by atomic mass is 32.2. The summed E-state index contributed by atoms with van der Waals surface area (Å²) < 4.78 is 32.6. The lowest BCUT2D eigenvalue weighted by Crippen LogP contribution is -2.51. The third-order valence-electron chi connectivity index (χ3n) is 5.46. The second-order valence-corrected chi connectivity index (χ2v) is 8.99. The molecule has 7 heteroatoms. The first-order valence-electron chi connectivity index (χ1n) is 9.98. The van der Waals surface area contributed by atoms with Crippen molar-refractivity contribution in [3.63, 3.8) is 0 Å². The summed E-state index contributed by atoms with van der Waals surface area (Å²) in [6.07, 6.45) is 2.93. The van der Waals surface area contributed by atoms with Crippen molar-refractivity contribution >= 4 is 17.9 Å². The maximum Gasteiger partial charge on any atom is 0.254 e. The first kappa shape index (κ1) is 22.7. The summed E-state index contributed by atoms with van der Waals surface area (Å²) >= 11 is 1.46. The van der Waals surface area contributed by atoms with E-state index in [0.717, 1.165) is 12.0 Å². The molecule has 3 rings (SSSR count). The number of hydrogen-bond donors (Lipinski definition) is 2. The van der Waals surface area contributed by atoms with E-state index in [4.69, 9.17) is 0 Å². The van der Waals surface area contributed by atoms with Crippen molar-refractivity contribution in [3.05, 3.63) is 59.2 Å². The number of hydrogen-bond acceptors (Lipinski definition) is 4. The van der Waals surface area contributed by atoms with E-state index in [-0.39, 0.29) is 18.0 Å². The summed E-state index contributed by atoms with van der Waals surface area (Å²) in [6.45, 7) is 5.20. The minimum Gasteiger partial charge on any atom is -0.381 e. The fourth-order valence-corrected chi connectivity index (χ4v) is 4.65. The predicted molar refractivity (Wildman–Crippen MR) is 117 cm³/mol. The zero-order valence-electron chi connectivity index (χ0n) is 17.7. The first-order valence-corrected chi connectivity index (χ1v) is 11.2. The van der Waals surface area contributed by atoms with Gasteiger partial charge in [0.15, 0.2) is 0 Å². The molecule has 1 fully saturated rings. The number of aliphatic hydroxyl groups is 1. The molecule has 1 aliphatic heterocycles. The lowest BCUT2D eigenvalue weighted by molar-refractivity contribution is -0.148. The Morgan fingerprint density at radius 1 is 1.30 bits per heavy atom. The molecule has 4 nitrogen and oxygen atoms in total. The van der Waals surface area contributed by atoms with Gasteiger partial charge in [-0.05, 0) is 68.7 Å². The summed E-state index contributed by atoms with van der Waals surface area (Å²) in [5, 5.41) is 10.2. The van der Waals surface area contributed by atoms with Gasteiger partial charge < -0.3 is 10.0 Å². The highest BCUT2D eigenvalue weighted by molar-refractivity contribution is 7.96. The highest BCUT2D eigenvalue weighted by Gasteiger charge is 2.41. The molecule has 162 valence electrons. The molecule has 0 aliphatic carbocycles. The number of nitrogens with zero attached hydrogens (tertiary/aromatic N) is 1. The molecule has 0 bridgehead atoms. The Morgan fingerprint density at radius 3 is 2.67 bits per heavy atom. The fraction of sp³-hybridized carbons (Fsp3) is 0.435. The van der Waals surface area contributed by atoms with Gasteiger partial charge in [-0.3, -0.25) is 9.52 Å². The molecule has 2 aromatic carbocycles. The van der Waals surface area contributed by atoms with Gasteiger partial charge in [-0.2, -0.15) is 0 Å². The van der Waals surface area contributed by atoms with Crippen molar-refractivity contribution in [2.24, 2.45) is 0 Å². The third kappa shape index (κ3) is 4.85. The van der Waals surface area contributed by atoms with Crippen LogP contribution in [0.5, 0.6) is 0 Å². The van der Waals surface area contributed by atoms with Crippen molar-refractivity contribution in [1.29, 1.82) is 0 Å². The molecule has 1 heterocycles. The van der Waals surface area contributed by atoms with Crippen LogP contribution in [-0.2, 0) is 11.2 Å². The predicted octanol–water partition coefficient (Wildman–Crippen LogP) is 4.09. The van der Waals surface area contributed by atoms with Crippen LogP contribution in [0.2, 0.25) is 0 Å².